The maximum absolute atomic E-state index is 3.41. The minimum atomic E-state index is 0.783. The van der Waals surface area contributed by atoms with Crippen molar-refractivity contribution in [2.45, 2.75) is 47.0 Å². The molecule has 0 aromatic carbocycles. The maximum atomic E-state index is 3.41. The molecular formula is C13H23Br. The molecule has 0 nitrogen and oxygen atoms in total. The van der Waals surface area contributed by atoms with Crippen molar-refractivity contribution in [3.8, 4) is 0 Å². The first-order valence-electron chi connectivity index (χ1n) is 5.43. The molecule has 0 saturated carbocycles. The molecule has 0 aliphatic heterocycles. The van der Waals surface area contributed by atoms with E-state index in [1.807, 2.05) is 0 Å². The van der Waals surface area contributed by atoms with E-state index in [2.05, 4.69) is 55.8 Å². The van der Waals surface area contributed by atoms with Crippen LogP contribution in [0.3, 0.4) is 0 Å². The second-order valence-corrected chi connectivity index (χ2v) is 5.04. The normalized spacial score (nSPS) is 13.9. The van der Waals surface area contributed by atoms with Gasteiger partial charge in [-0.15, -0.1) is 0 Å². The second kappa shape index (κ2) is 8.28. The molecular weight excluding hydrogens is 236 g/mol. The molecule has 1 heteroatoms. The van der Waals surface area contributed by atoms with Gasteiger partial charge in [-0.1, -0.05) is 53.1 Å². The van der Waals surface area contributed by atoms with Gasteiger partial charge in [0.25, 0.3) is 0 Å². The summed E-state index contributed by atoms with van der Waals surface area (Å²) in [5, 5.41) is 0.980. The molecule has 0 amide bonds. The molecule has 0 atom stereocenters. The third kappa shape index (κ3) is 8.55. The molecule has 14 heavy (non-hydrogen) atoms. The zero-order valence-electron chi connectivity index (χ0n) is 9.94. The number of allylic oxidation sites excluding steroid dienone is 4. The summed E-state index contributed by atoms with van der Waals surface area (Å²) >= 11 is 3.41. The van der Waals surface area contributed by atoms with Gasteiger partial charge >= 0.3 is 0 Å². The lowest BCUT2D eigenvalue weighted by Gasteiger charge is -2.04. The SMILES string of the molecule is CC(=CCBr)CCC=C(C)CC(C)C. The highest BCUT2D eigenvalue weighted by Gasteiger charge is 1.95. The summed E-state index contributed by atoms with van der Waals surface area (Å²) in [6.45, 7) is 8.98. The minimum Gasteiger partial charge on any atom is -0.0883 e. The van der Waals surface area contributed by atoms with Crippen LogP contribution >= 0.6 is 15.9 Å². The molecule has 0 radical (unpaired) electrons. The quantitative estimate of drug-likeness (QED) is 0.460. The lowest BCUT2D eigenvalue weighted by Crippen LogP contribution is -1.88. The Hall–Kier alpha value is -0.0400. The molecule has 82 valence electrons. The number of rotatable bonds is 6. The van der Waals surface area contributed by atoms with E-state index in [0.29, 0.717) is 0 Å². The summed E-state index contributed by atoms with van der Waals surface area (Å²) in [4.78, 5) is 0. The first kappa shape index (κ1) is 14.0. The molecule has 0 spiro atoms. The highest BCUT2D eigenvalue weighted by molar-refractivity contribution is 9.09. The Kier molecular flexibility index (Phi) is 8.26. The number of halogens is 1. The first-order chi connectivity index (χ1) is 6.56. The topological polar surface area (TPSA) is 0 Å². The largest absolute Gasteiger partial charge is 0.0883 e. The highest BCUT2D eigenvalue weighted by Crippen LogP contribution is 2.12. The molecule has 0 rings (SSSR count). The summed E-state index contributed by atoms with van der Waals surface area (Å²) in [6, 6.07) is 0. The molecule has 0 N–H and O–H groups in total. The van der Waals surface area contributed by atoms with Crippen LogP contribution in [-0.4, -0.2) is 5.33 Å². The van der Waals surface area contributed by atoms with E-state index < -0.39 is 0 Å². The van der Waals surface area contributed by atoms with Gasteiger partial charge in [-0.05, 0) is 39.0 Å². The average molecular weight is 259 g/mol. The molecule has 0 aromatic rings. The average Bonchev–Trinajstić information content (AvgIpc) is 2.02. The zero-order valence-corrected chi connectivity index (χ0v) is 11.5. The molecule has 0 aliphatic carbocycles. The van der Waals surface area contributed by atoms with Gasteiger partial charge in [-0.2, -0.15) is 0 Å². The Labute approximate surface area is 97.6 Å². The Morgan fingerprint density at radius 1 is 1.14 bits per heavy atom. The van der Waals surface area contributed by atoms with Crippen LogP contribution < -0.4 is 0 Å². The van der Waals surface area contributed by atoms with E-state index in [0.717, 1.165) is 11.2 Å². The summed E-state index contributed by atoms with van der Waals surface area (Å²) in [5.41, 5.74) is 3.02. The second-order valence-electron chi connectivity index (χ2n) is 4.39. The predicted octanol–water partition coefficient (Wildman–Crippen LogP) is 5.10. The third-order valence-electron chi connectivity index (χ3n) is 2.19. The van der Waals surface area contributed by atoms with Crippen molar-refractivity contribution in [1.29, 1.82) is 0 Å². The van der Waals surface area contributed by atoms with Gasteiger partial charge in [0.1, 0.15) is 0 Å². The monoisotopic (exact) mass is 258 g/mol. The fraction of sp³-hybridized carbons (Fsp3) is 0.692. The van der Waals surface area contributed by atoms with Gasteiger partial charge in [-0.25, -0.2) is 0 Å². The van der Waals surface area contributed by atoms with Crippen LogP contribution in [0.2, 0.25) is 0 Å². The highest BCUT2D eigenvalue weighted by atomic mass is 79.9. The van der Waals surface area contributed by atoms with Crippen molar-refractivity contribution in [2.24, 2.45) is 5.92 Å². The standard InChI is InChI=1S/C13H23Br/c1-11(2)10-13(4)7-5-6-12(3)8-9-14/h7-8,11H,5-6,9-10H2,1-4H3. The summed E-state index contributed by atoms with van der Waals surface area (Å²) in [6.07, 6.45) is 8.24. The van der Waals surface area contributed by atoms with Crippen molar-refractivity contribution in [2.75, 3.05) is 5.33 Å². The summed E-state index contributed by atoms with van der Waals surface area (Å²) in [5.74, 6) is 0.783. The smallest absolute Gasteiger partial charge is 0.0214 e. The molecule has 0 fully saturated rings. The minimum absolute atomic E-state index is 0.783. The van der Waals surface area contributed by atoms with E-state index in [9.17, 15) is 0 Å². The van der Waals surface area contributed by atoms with Crippen LogP contribution in [0.25, 0.3) is 0 Å². The van der Waals surface area contributed by atoms with Gasteiger partial charge < -0.3 is 0 Å². The molecule has 0 aromatic heterocycles. The number of alkyl halides is 1. The fourth-order valence-electron chi connectivity index (χ4n) is 1.51. The number of hydrogen-bond acceptors (Lipinski definition) is 0. The van der Waals surface area contributed by atoms with E-state index in [1.54, 1.807) is 0 Å². The van der Waals surface area contributed by atoms with E-state index >= 15 is 0 Å². The van der Waals surface area contributed by atoms with E-state index in [-0.39, 0.29) is 0 Å². The Morgan fingerprint density at radius 3 is 2.29 bits per heavy atom. The first-order valence-corrected chi connectivity index (χ1v) is 6.55. The lowest BCUT2D eigenvalue weighted by molar-refractivity contribution is 0.640. The lowest BCUT2D eigenvalue weighted by atomic mass is 10.0. The van der Waals surface area contributed by atoms with Crippen LogP contribution in [0.4, 0.5) is 0 Å². The molecule has 0 bridgehead atoms. The van der Waals surface area contributed by atoms with Crippen LogP contribution in [0.1, 0.15) is 47.0 Å². The van der Waals surface area contributed by atoms with Crippen molar-refractivity contribution in [1.82, 2.24) is 0 Å². The number of hydrogen-bond donors (Lipinski definition) is 0. The van der Waals surface area contributed by atoms with Gasteiger partial charge in [0.15, 0.2) is 0 Å². The zero-order chi connectivity index (χ0) is 11.0. The molecule has 0 aliphatic rings. The molecule has 0 unspecified atom stereocenters. The van der Waals surface area contributed by atoms with Gasteiger partial charge in [0, 0.05) is 5.33 Å². The molecule has 0 saturated heterocycles. The van der Waals surface area contributed by atoms with Crippen LogP contribution in [0.15, 0.2) is 23.3 Å². The van der Waals surface area contributed by atoms with Gasteiger partial charge in [0.05, 0.1) is 0 Å². The maximum Gasteiger partial charge on any atom is 0.0214 e. The van der Waals surface area contributed by atoms with Gasteiger partial charge in [0.2, 0.25) is 0 Å². The Bertz CT molecular complexity index is 199. The fourth-order valence-corrected chi connectivity index (χ4v) is 2.06. The van der Waals surface area contributed by atoms with Gasteiger partial charge in [-0.3, -0.25) is 0 Å². The third-order valence-corrected chi connectivity index (χ3v) is 2.51. The van der Waals surface area contributed by atoms with Crippen LogP contribution in [0.5, 0.6) is 0 Å². The summed E-state index contributed by atoms with van der Waals surface area (Å²) < 4.78 is 0. The van der Waals surface area contributed by atoms with Crippen molar-refractivity contribution in [3.63, 3.8) is 0 Å². The van der Waals surface area contributed by atoms with Crippen LogP contribution in [-0.2, 0) is 0 Å². The van der Waals surface area contributed by atoms with Crippen LogP contribution in [0, 0.1) is 5.92 Å². The molecule has 0 heterocycles. The summed E-state index contributed by atoms with van der Waals surface area (Å²) in [7, 11) is 0. The van der Waals surface area contributed by atoms with E-state index in [1.165, 1.54) is 30.4 Å². The van der Waals surface area contributed by atoms with Crippen molar-refractivity contribution >= 4 is 15.9 Å². The Balaban J connectivity index is 3.75. The van der Waals surface area contributed by atoms with Crippen molar-refractivity contribution < 1.29 is 0 Å². The predicted molar refractivity (Wildman–Crippen MR) is 70.0 cm³/mol. The van der Waals surface area contributed by atoms with E-state index in [4.69, 9.17) is 0 Å². The van der Waals surface area contributed by atoms with Crippen molar-refractivity contribution in [3.05, 3.63) is 23.3 Å². The Morgan fingerprint density at radius 2 is 1.79 bits per heavy atom.